The monoisotopic (exact) mass is 218 g/mol. The first-order chi connectivity index (χ1) is 6.59. The molecule has 3 atom stereocenters. The Morgan fingerprint density at radius 2 is 2.14 bits per heavy atom. The Balaban J connectivity index is 2.06. The molecule has 5 N–H and O–H groups in total. The normalized spacial score (nSPS) is 32.0. The molecule has 1 aliphatic rings. The van der Waals surface area contributed by atoms with Crippen molar-refractivity contribution in [3.63, 3.8) is 0 Å². The molecule has 0 spiro atoms. The van der Waals surface area contributed by atoms with Crippen LogP contribution in [0.5, 0.6) is 0 Å². The summed E-state index contributed by atoms with van der Waals surface area (Å²) in [7, 11) is 0. The van der Waals surface area contributed by atoms with Crippen LogP contribution in [0.15, 0.2) is 0 Å². The van der Waals surface area contributed by atoms with Gasteiger partial charge in [-0.25, -0.2) is 0 Å². The van der Waals surface area contributed by atoms with E-state index in [2.05, 4.69) is 0 Å². The van der Waals surface area contributed by atoms with E-state index in [1.54, 1.807) is 11.8 Å². The van der Waals surface area contributed by atoms with E-state index >= 15 is 0 Å². The Bertz CT molecular complexity index is 191. The molecular weight excluding hydrogens is 200 g/mol. The molecule has 1 heterocycles. The van der Waals surface area contributed by atoms with Crippen molar-refractivity contribution >= 4 is 17.7 Å². The molecule has 14 heavy (non-hydrogen) atoms. The molecule has 3 unspecified atom stereocenters. The fourth-order valence-electron chi connectivity index (χ4n) is 1.65. The summed E-state index contributed by atoms with van der Waals surface area (Å²) in [6.07, 6.45) is 4.01. The second kappa shape index (κ2) is 5.58. The molecule has 1 fully saturated rings. The summed E-state index contributed by atoms with van der Waals surface area (Å²) < 4.78 is 0. The van der Waals surface area contributed by atoms with Crippen LogP contribution < -0.4 is 11.5 Å². The molecular formula is C9H18N2O2S. The van der Waals surface area contributed by atoms with Crippen molar-refractivity contribution in [1.82, 2.24) is 0 Å². The van der Waals surface area contributed by atoms with E-state index in [9.17, 15) is 4.79 Å². The fourth-order valence-corrected chi connectivity index (χ4v) is 3.04. The first-order valence-electron chi connectivity index (χ1n) is 4.98. The average molecular weight is 218 g/mol. The number of thioether (sulfide) groups is 1. The van der Waals surface area contributed by atoms with Crippen LogP contribution in [0.25, 0.3) is 0 Å². The van der Waals surface area contributed by atoms with Crippen LogP contribution in [-0.2, 0) is 4.79 Å². The van der Waals surface area contributed by atoms with Gasteiger partial charge in [0, 0.05) is 17.7 Å². The third kappa shape index (κ3) is 3.86. The molecule has 4 nitrogen and oxygen atoms in total. The van der Waals surface area contributed by atoms with Gasteiger partial charge in [-0.15, -0.1) is 11.8 Å². The van der Waals surface area contributed by atoms with Gasteiger partial charge in [-0.3, -0.25) is 4.79 Å². The number of carboxylic acids is 1. The average Bonchev–Trinajstić information content (AvgIpc) is 2.40. The van der Waals surface area contributed by atoms with Crippen LogP contribution in [-0.4, -0.2) is 27.7 Å². The highest BCUT2D eigenvalue weighted by atomic mass is 32.2. The summed E-state index contributed by atoms with van der Waals surface area (Å²) >= 11 is 1.74. The van der Waals surface area contributed by atoms with Gasteiger partial charge in [0.1, 0.15) is 0 Å². The highest BCUT2D eigenvalue weighted by molar-refractivity contribution is 8.00. The second-order valence-corrected chi connectivity index (χ2v) is 5.24. The summed E-state index contributed by atoms with van der Waals surface area (Å²) in [6.45, 7) is 0. The lowest BCUT2D eigenvalue weighted by molar-refractivity contribution is -0.137. The number of unbranched alkanes of at least 4 members (excludes halogenated alkanes) is 1. The predicted molar refractivity (Wildman–Crippen MR) is 58.1 cm³/mol. The highest BCUT2D eigenvalue weighted by Crippen LogP contribution is 2.33. The van der Waals surface area contributed by atoms with E-state index in [4.69, 9.17) is 16.6 Å². The maximum Gasteiger partial charge on any atom is 0.303 e. The molecule has 0 aromatic heterocycles. The Hall–Kier alpha value is -0.260. The molecule has 1 saturated heterocycles. The first kappa shape index (κ1) is 11.8. The Labute approximate surface area is 88.4 Å². The van der Waals surface area contributed by atoms with Crippen LogP contribution in [0.2, 0.25) is 0 Å². The van der Waals surface area contributed by atoms with Crippen LogP contribution in [0, 0.1) is 0 Å². The van der Waals surface area contributed by atoms with Crippen LogP contribution >= 0.6 is 11.8 Å². The zero-order valence-corrected chi connectivity index (χ0v) is 9.00. The lowest BCUT2D eigenvalue weighted by Gasteiger charge is -2.07. The van der Waals surface area contributed by atoms with Crippen molar-refractivity contribution in [2.24, 2.45) is 11.5 Å². The van der Waals surface area contributed by atoms with Crippen molar-refractivity contribution < 1.29 is 9.90 Å². The third-order valence-electron chi connectivity index (χ3n) is 2.47. The summed E-state index contributed by atoms with van der Waals surface area (Å²) in [5, 5.41) is 9.05. The number of aliphatic carboxylic acids is 1. The van der Waals surface area contributed by atoms with E-state index in [-0.39, 0.29) is 17.8 Å². The van der Waals surface area contributed by atoms with Crippen molar-refractivity contribution in [2.75, 3.05) is 0 Å². The Morgan fingerprint density at radius 1 is 1.43 bits per heavy atom. The SMILES string of the molecule is NC1CC(CCCCC(=O)O)SC1N. The van der Waals surface area contributed by atoms with Crippen molar-refractivity contribution in [3.05, 3.63) is 0 Å². The van der Waals surface area contributed by atoms with Gasteiger partial charge < -0.3 is 16.6 Å². The van der Waals surface area contributed by atoms with E-state index in [1.165, 1.54) is 0 Å². The quantitative estimate of drug-likeness (QED) is 0.592. The number of carbonyl (C=O) groups is 1. The number of carboxylic acid groups (broad SMARTS) is 1. The van der Waals surface area contributed by atoms with Gasteiger partial charge in [-0.2, -0.15) is 0 Å². The highest BCUT2D eigenvalue weighted by Gasteiger charge is 2.29. The predicted octanol–water partition coefficient (Wildman–Crippen LogP) is 0.749. The minimum Gasteiger partial charge on any atom is -0.481 e. The van der Waals surface area contributed by atoms with Gasteiger partial charge in [0.05, 0.1) is 5.37 Å². The van der Waals surface area contributed by atoms with Gasteiger partial charge in [-0.1, -0.05) is 6.42 Å². The smallest absolute Gasteiger partial charge is 0.303 e. The summed E-state index contributed by atoms with van der Waals surface area (Å²) in [4.78, 5) is 10.3. The molecule has 82 valence electrons. The molecule has 0 aromatic rings. The Kier molecular flexibility index (Phi) is 4.71. The zero-order valence-electron chi connectivity index (χ0n) is 8.19. The van der Waals surface area contributed by atoms with Gasteiger partial charge >= 0.3 is 5.97 Å². The summed E-state index contributed by atoms with van der Waals surface area (Å²) in [5.41, 5.74) is 11.5. The van der Waals surface area contributed by atoms with Gasteiger partial charge in [0.2, 0.25) is 0 Å². The number of hydrogen-bond acceptors (Lipinski definition) is 4. The molecule has 0 saturated carbocycles. The van der Waals surface area contributed by atoms with Crippen LogP contribution in [0.1, 0.15) is 32.1 Å². The van der Waals surface area contributed by atoms with Crippen molar-refractivity contribution in [3.8, 4) is 0 Å². The Morgan fingerprint density at radius 3 is 2.64 bits per heavy atom. The standard InChI is InChI=1S/C9H18N2O2S/c10-7-5-6(14-9(7)11)3-1-2-4-8(12)13/h6-7,9H,1-5,10-11H2,(H,12,13). The molecule has 1 rings (SSSR count). The third-order valence-corrected chi connectivity index (χ3v) is 3.95. The number of nitrogens with two attached hydrogens (primary N) is 2. The zero-order chi connectivity index (χ0) is 10.6. The van der Waals surface area contributed by atoms with E-state index in [0.717, 1.165) is 25.7 Å². The number of rotatable bonds is 5. The van der Waals surface area contributed by atoms with Gasteiger partial charge in [-0.05, 0) is 19.3 Å². The van der Waals surface area contributed by atoms with E-state index in [1.807, 2.05) is 0 Å². The lowest BCUT2D eigenvalue weighted by atomic mass is 10.1. The number of hydrogen-bond donors (Lipinski definition) is 3. The second-order valence-electron chi connectivity index (χ2n) is 3.76. The first-order valence-corrected chi connectivity index (χ1v) is 5.92. The maximum absolute atomic E-state index is 10.3. The fraction of sp³-hybridized carbons (Fsp3) is 0.889. The summed E-state index contributed by atoms with van der Waals surface area (Å²) in [5.74, 6) is -0.711. The minimum absolute atomic E-state index is 0.0690. The molecule has 0 amide bonds. The van der Waals surface area contributed by atoms with E-state index < -0.39 is 5.97 Å². The van der Waals surface area contributed by atoms with Gasteiger partial charge in [0.25, 0.3) is 0 Å². The molecule has 0 aromatic carbocycles. The minimum atomic E-state index is -0.711. The maximum atomic E-state index is 10.3. The van der Waals surface area contributed by atoms with Crippen LogP contribution in [0.3, 0.4) is 0 Å². The molecule has 5 heteroatoms. The topological polar surface area (TPSA) is 89.3 Å². The molecule has 0 aliphatic carbocycles. The molecule has 1 aliphatic heterocycles. The molecule has 0 radical (unpaired) electrons. The summed E-state index contributed by atoms with van der Waals surface area (Å²) in [6, 6.07) is 0.115. The largest absolute Gasteiger partial charge is 0.481 e. The lowest BCUT2D eigenvalue weighted by Crippen LogP contribution is -2.34. The van der Waals surface area contributed by atoms with Crippen molar-refractivity contribution in [1.29, 1.82) is 0 Å². The van der Waals surface area contributed by atoms with Gasteiger partial charge in [0.15, 0.2) is 0 Å². The van der Waals surface area contributed by atoms with Crippen LogP contribution in [0.4, 0.5) is 0 Å². The van der Waals surface area contributed by atoms with E-state index in [0.29, 0.717) is 5.25 Å². The van der Waals surface area contributed by atoms with Crippen molar-refractivity contribution in [2.45, 2.75) is 48.8 Å². The molecule has 0 bridgehead atoms.